The quantitative estimate of drug-likeness (QED) is 0.201. The molecule has 3 saturated heterocycles. The van der Waals surface area contributed by atoms with Crippen molar-refractivity contribution in [3.8, 4) is 22.4 Å². The fourth-order valence-electron chi connectivity index (χ4n) is 10.5. The van der Waals surface area contributed by atoms with E-state index >= 15 is 0 Å². The lowest BCUT2D eigenvalue weighted by atomic mass is 9.84. The molecule has 2 aromatic carbocycles. The van der Waals surface area contributed by atoms with Gasteiger partial charge >= 0.3 is 6.17 Å². The van der Waals surface area contributed by atoms with Crippen LogP contribution in [-0.2, 0) is 48.6 Å². The van der Waals surface area contributed by atoms with Gasteiger partial charge in [0.1, 0.15) is 12.1 Å². The smallest absolute Gasteiger partial charge is 0.326 e. The topological polar surface area (TPSA) is 158 Å². The second-order valence-electron chi connectivity index (χ2n) is 19.5. The number of nitrogens with one attached hydrogen (secondary N) is 2. The Bertz CT molecular complexity index is 2530. The van der Waals surface area contributed by atoms with Crippen molar-refractivity contribution in [3.05, 3.63) is 95.2 Å². The zero-order valence-corrected chi connectivity index (χ0v) is 38.8. The summed E-state index contributed by atoms with van der Waals surface area (Å²) in [5, 5.41) is 5.58. The number of hydrogen-bond donors (Lipinski definition) is 2. The van der Waals surface area contributed by atoms with Gasteiger partial charge in [0.15, 0.2) is 6.61 Å². The van der Waals surface area contributed by atoms with E-state index in [0.29, 0.717) is 56.7 Å². The van der Waals surface area contributed by atoms with Crippen LogP contribution in [0.3, 0.4) is 0 Å². The van der Waals surface area contributed by atoms with Crippen molar-refractivity contribution in [2.45, 2.75) is 97.5 Å². The first-order valence-electron chi connectivity index (χ1n) is 22.9. The van der Waals surface area contributed by atoms with Crippen LogP contribution in [0.25, 0.3) is 33.3 Å². The van der Waals surface area contributed by atoms with Gasteiger partial charge in [-0.3, -0.25) is 29.2 Å². The summed E-state index contributed by atoms with van der Waals surface area (Å²) in [6.45, 7) is 15.1. The molecule has 2 N–H and O–H groups in total. The Morgan fingerprint density at radius 3 is 2.57 bits per heavy atom. The number of hydrazine groups is 1. The monoisotopic (exact) mass is 887 g/mol. The second kappa shape index (κ2) is 18.2. The number of nitrogens with zero attached hydrogens (tertiary/aromatic N) is 6. The molecule has 344 valence electrons. The highest BCUT2D eigenvalue weighted by molar-refractivity contribution is 5.97. The lowest BCUT2D eigenvalue weighted by Gasteiger charge is -2.35. The first-order valence-corrected chi connectivity index (χ1v) is 22.9. The van der Waals surface area contributed by atoms with Crippen LogP contribution in [0.1, 0.15) is 83.2 Å². The summed E-state index contributed by atoms with van der Waals surface area (Å²) in [4.78, 5) is 84.6. The highest BCUT2D eigenvalue weighted by Crippen LogP contribution is 2.43. The van der Waals surface area contributed by atoms with E-state index in [4.69, 9.17) is 14.6 Å². The average Bonchev–Trinajstić information content (AvgIpc) is 3.96. The Balaban J connectivity index is 1.17. The summed E-state index contributed by atoms with van der Waals surface area (Å²) in [5.74, 6) is -1.47. The molecule has 4 aliphatic heterocycles. The molecule has 3 fully saturated rings. The van der Waals surface area contributed by atoms with Crippen molar-refractivity contribution in [2.75, 3.05) is 39.9 Å². The van der Waals surface area contributed by atoms with Crippen LogP contribution in [-0.4, -0.2) is 111 Å². The lowest BCUT2D eigenvalue weighted by Crippen LogP contribution is -2.62. The summed E-state index contributed by atoms with van der Waals surface area (Å²) in [6.07, 6.45) is 4.68. The van der Waals surface area contributed by atoms with Crippen molar-refractivity contribution in [1.82, 2.24) is 35.1 Å². The zero-order valence-electron chi connectivity index (χ0n) is 38.8. The molecule has 8 rings (SSSR count). The van der Waals surface area contributed by atoms with Crippen LogP contribution in [0.5, 0.6) is 0 Å². The first kappa shape index (κ1) is 45.6. The Morgan fingerprint density at radius 1 is 1.05 bits per heavy atom. The molecule has 65 heavy (non-hydrogen) atoms. The van der Waals surface area contributed by atoms with E-state index in [1.807, 2.05) is 39.0 Å². The lowest BCUT2D eigenvalue weighted by molar-refractivity contribution is -0.835. The van der Waals surface area contributed by atoms with Gasteiger partial charge in [-0.25, -0.2) is 4.84 Å². The number of carbonyl (C=O) groups excluding carboxylic acids is 4. The van der Waals surface area contributed by atoms with Crippen molar-refractivity contribution in [1.29, 1.82) is 0 Å². The number of hydrogen-bond acceptors (Lipinski definition) is 9. The third-order valence-corrected chi connectivity index (χ3v) is 14.0. The minimum Gasteiger partial charge on any atom is -0.375 e. The van der Waals surface area contributed by atoms with Gasteiger partial charge in [-0.1, -0.05) is 64.6 Å². The summed E-state index contributed by atoms with van der Waals surface area (Å²) < 4.78 is 8.00. The molecule has 6 bridgehead atoms. The molecule has 2 aromatic heterocycles. The largest absolute Gasteiger partial charge is 0.375 e. The van der Waals surface area contributed by atoms with Crippen molar-refractivity contribution >= 4 is 34.5 Å². The van der Waals surface area contributed by atoms with Gasteiger partial charge in [0.05, 0.1) is 27.8 Å². The van der Waals surface area contributed by atoms with Gasteiger partial charge in [-0.2, -0.15) is 5.43 Å². The minimum absolute atomic E-state index is 0.100. The van der Waals surface area contributed by atoms with Crippen LogP contribution in [0.15, 0.2) is 73.4 Å². The summed E-state index contributed by atoms with van der Waals surface area (Å²) in [5.41, 5.74) is 9.53. The van der Waals surface area contributed by atoms with Gasteiger partial charge in [0, 0.05) is 81.3 Å². The van der Waals surface area contributed by atoms with Gasteiger partial charge in [-0.15, -0.1) is 0 Å². The van der Waals surface area contributed by atoms with Crippen LogP contribution in [0.2, 0.25) is 0 Å². The van der Waals surface area contributed by atoms with Crippen LogP contribution >= 0.6 is 0 Å². The molecule has 15 heteroatoms. The highest BCUT2D eigenvalue weighted by Gasteiger charge is 2.54. The normalized spacial score (nSPS) is 23.4. The number of benzene rings is 2. The number of likely N-dealkylation sites (tertiary alicyclic amines) is 2. The molecule has 4 aliphatic rings. The summed E-state index contributed by atoms with van der Waals surface area (Å²) in [7, 11) is 3.75. The number of pyridine rings is 1. The molecule has 1 unspecified atom stereocenters. The maximum atomic E-state index is 14.7. The number of aryl methyl sites for hydroxylation is 1. The number of fused-ring (bicyclic) bond motifs is 6. The van der Waals surface area contributed by atoms with E-state index in [0.717, 1.165) is 50.1 Å². The fraction of sp³-hybridized carbons (Fsp3) is 0.500. The molecule has 0 saturated carbocycles. The van der Waals surface area contributed by atoms with Gasteiger partial charge in [0.25, 0.3) is 5.91 Å². The molecule has 5 atom stereocenters. The number of methoxy groups -OCH3 is 1. The molecule has 15 nitrogen and oxygen atoms in total. The maximum Gasteiger partial charge on any atom is 0.326 e. The predicted octanol–water partition coefficient (Wildman–Crippen LogP) is 6.05. The average molecular weight is 888 g/mol. The maximum absolute atomic E-state index is 14.7. The predicted molar refractivity (Wildman–Crippen MR) is 246 cm³/mol. The van der Waals surface area contributed by atoms with E-state index in [1.54, 1.807) is 23.1 Å². The SMILES string of the molecule is C=CC(=O)N1CCC2(CCN([C@H](C(=O)N[C@H]3Cc4cccc(c4)-c4ccc5c(c4)c(c(-c4cccnc4[C@H](C)OC)n5C)CC(C)(C)CO[N+](=O)[C@@H]4CCCN(N4)C3=O)C(C)C)C2=O)C1. The van der Waals surface area contributed by atoms with Crippen LogP contribution in [0, 0.1) is 21.7 Å². The number of ether oxygens (including phenoxy) is 1. The highest BCUT2D eigenvalue weighted by atomic mass is 16.8. The van der Waals surface area contributed by atoms with Gasteiger partial charge < -0.3 is 24.4 Å². The molecule has 6 heterocycles. The fourth-order valence-corrected chi connectivity index (χ4v) is 10.5. The van der Waals surface area contributed by atoms with Crippen molar-refractivity contribution in [3.63, 3.8) is 0 Å². The standard InChI is InChI=1S/C50H62N8O7/c1-9-42(59)55-23-19-50(29-55)20-24-56(48(50)62)44(31(2)3)46(60)52-39-26-33-13-10-14-34(25-33)35-17-18-40-37(27-35)38(45(54(40)7)36-15-11-21-51-43(36)32(4)64-8)28-49(5,6)30-65-58(63)41-16-12-22-57(53-41)47(39)61/h9-11,13-15,17-18,21,25,27,31-32,39,41,44,53H,1,12,16,19-20,22-24,26,28-30H2,2-8H3/p+1/t32-,39-,41+,44-,50?/m0/s1. The number of rotatable bonds is 8. The summed E-state index contributed by atoms with van der Waals surface area (Å²) >= 11 is 0. The van der Waals surface area contributed by atoms with Gasteiger partial charge in [-0.05, 0) is 91.1 Å². The number of amides is 4. The molecular weight excluding hydrogens is 825 g/mol. The van der Waals surface area contributed by atoms with E-state index < -0.39 is 40.9 Å². The van der Waals surface area contributed by atoms with Crippen molar-refractivity contribution in [2.24, 2.45) is 23.8 Å². The van der Waals surface area contributed by atoms with Crippen LogP contribution < -0.4 is 10.7 Å². The minimum atomic E-state index is -1.04. The number of aromatic nitrogens is 2. The molecule has 0 radical (unpaired) electrons. The first-order chi connectivity index (χ1) is 31.0. The Labute approximate surface area is 381 Å². The van der Waals surface area contributed by atoms with E-state index in [9.17, 15) is 24.1 Å². The third kappa shape index (κ3) is 8.80. The summed E-state index contributed by atoms with van der Waals surface area (Å²) in [6, 6.07) is 16.6. The Morgan fingerprint density at radius 2 is 1.82 bits per heavy atom. The Hall–Kier alpha value is -5.93. The molecule has 1 spiro atoms. The zero-order chi connectivity index (χ0) is 46.4. The van der Waals surface area contributed by atoms with Crippen molar-refractivity contribution < 1.29 is 33.7 Å². The molecular formula is C50H63N8O7+. The molecule has 4 amide bonds. The van der Waals surface area contributed by atoms with E-state index in [-0.39, 0.29) is 43.4 Å². The van der Waals surface area contributed by atoms with E-state index in [1.165, 1.54) is 11.1 Å². The van der Waals surface area contributed by atoms with Crippen LogP contribution in [0.4, 0.5) is 0 Å². The third-order valence-electron chi connectivity index (χ3n) is 14.0. The Kier molecular flexibility index (Phi) is 12.7. The number of carbonyl (C=O) groups is 4. The molecule has 4 aromatic rings. The van der Waals surface area contributed by atoms with E-state index in [2.05, 4.69) is 79.2 Å². The second-order valence-corrected chi connectivity index (χ2v) is 19.5. The molecule has 0 aliphatic carbocycles. The van der Waals surface area contributed by atoms with Gasteiger partial charge in [0.2, 0.25) is 22.6 Å².